The van der Waals surface area contributed by atoms with Gasteiger partial charge in [-0.05, 0) is 24.3 Å². The molecule has 24 heavy (non-hydrogen) atoms. The van der Waals surface area contributed by atoms with Crippen LogP contribution in [0.3, 0.4) is 0 Å². The van der Waals surface area contributed by atoms with Crippen molar-refractivity contribution >= 4 is 11.5 Å². The fourth-order valence-electron chi connectivity index (χ4n) is 2.96. The van der Waals surface area contributed by atoms with Gasteiger partial charge in [-0.25, -0.2) is 13.5 Å². The summed E-state index contributed by atoms with van der Waals surface area (Å²) in [6.45, 7) is 1.46. The van der Waals surface area contributed by atoms with Crippen LogP contribution in [0.4, 0.5) is 20.3 Å². The van der Waals surface area contributed by atoms with E-state index in [1.165, 1.54) is 12.1 Å². The monoisotopic (exact) mass is 326 g/mol. The molecule has 0 saturated heterocycles. The molecule has 0 aliphatic carbocycles. The van der Waals surface area contributed by atoms with E-state index in [1.807, 2.05) is 30.3 Å². The van der Waals surface area contributed by atoms with Gasteiger partial charge in [0.2, 0.25) is 0 Å². The number of nitrogens with zero attached hydrogens (tertiary/aromatic N) is 2. The molecule has 0 amide bonds. The normalized spacial score (nSPS) is 13.6. The molecule has 6 heteroatoms. The second kappa shape index (κ2) is 6.05. The Kier molecular flexibility index (Phi) is 3.74. The van der Waals surface area contributed by atoms with Crippen LogP contribution in [0.5, 0.6) is 0 Å². The van der Waals surface area contributed by atoms with Gasteiger partial charge in [0.1, 0.15) is 11.5 Å². The highest BCUT2D eigenvalue weighted by Crippen LogP contribution is 2.28. The molecule has 0 spiro atoms. The van der Waals surface area contributed by atoms with Gasteiger partial charge < -0.3 is 10.6 Å². The zero-order valence-electron chi connectivity index (χ0n) is 12.9. The van der Waals surface area contributed by atoms with Crippen molar-refractivity contribution < 1.29 is 8.78 Å². The summed E-state index contributed by atoms with van der Waals surface area (Å²) in [7, 11) is 0. The van der Waals surface area contributed by atoms with Gasteiger partial charge in [-0.2, -0.15) is 0 Å². The van der Waals surface area contributed by atoms with E-state index in [9.17, 15) is 8.78 Å². The Hall–Kier alpha value is -2.73. The third-order valence-corrected chi connectivity index (χ3v) is 4.10. The van der Waals surface area contributed by atoms with Crippen LogP contribution in [-0.4, -0.2) is 16.3 Å². The van der Waals surface area contributed by atoms with Crippen molar-refractivity contribution in [2.24, 2.45) is 0 Å². The predicted octanol–water partition coefficient (Wildman–Crippen LogP) is 3.54. The van der Waals surface area contributed by atoms with Gasteiger partial charge in [-0.3, -0.25) is 0 Å². The molecule has 2 aromatic carbocycles. The highest BCUT2D eigenvalue weighted by Gasteiger charge is 2.23. The van der Waals surface area contributed by atoms with Crippen LogP contribution in [0.1, 0.15) is 11.3 Å². The summed E-state index contributed by atoms with van der Waals surface area (Å²) in [4.78, 5) is 0. The van der Waals surface area contributed by atoms with E-state index in [0.29, 0.717) is 12.4 Å². The summed E-state index contributed by atoms with van der Waals surface area (Å²) in [5.41, 5.74) is 3.12. The lowest BCUT2D eigenvalue weighted by Gasteiger charge is -2.16. The fourth-order valence-corrected chi connectivity index (χ4v) is 2.96. The van der Waals surface area contributed by atoms with Gasteiger partial charge in [0.05, 0.1) is 5.69 Å². The van der Waals surface area contributed by atoms with Gasteiger partial charge in [0.15, 0.2) is 11.6 Å². The molecule has 0 radical (unpaired) electrons. The van der Waals surface area contributed by atoms with Crippen LogP contribution in [-0.2, 0) is 13.0 Å². The van der Waals surface area contributed by atoms with E-state index in [1.54, 1.807) is 4.68 Å². The molecular formula is C18H16F2N4. The molecule has 122 valence electrons. The molecule has 1 aliphatic rings. The van der Waals surface area contributed by atoms with Crippen LogP contribution in [0, 0.1) is 11.6 Å². The zero-order valence-corrected chi connectivity index (χ0v) is 12.9. The second-order valence-electron chi connectivity index (χ2n) is 5.70. The van der Waals surface area contributed by atoms with E-state index in [-0.39, 0.29) is 5.69 Å². The molecule has 4 rings (SSSR count). The Balaban J connectivity index is 1.80. The number of hydrogen-bond acceptors (Lipinski definition) is 3. The maximum absolute atomic E-state index is 14.2. The summed E-state index contributed by atoms with van der Waals surface area (Å²) in [6, 6.07) is 13.3. The molecule has 0 unspecified atom stereocenters. The van der Waals surface area contributed by atoms with E-state index < -0.39 is 11.6 Å². The highest BCUT2D eigenvalue weighted by atomic mass is 19.1. The van der Waals surface area contributed by atoms with Crippen molar-refractivity contribution in [3.63, 3.8) is 0 Å². The molecule has 1 aromatic heterocycles. The first-order valence-electron chi connectivity index (χ1n) is 7.81. The number of fused-ring (bicyclic) bond motifs is 1. The SMILES string of the molecule is Fc1ccc(-n2nc(Nc3ccccc3)c3c2CCNC3)c(F)c1. The summed E-state index contributed by atoms with van der Waals surface area (Å²) in [5.74, 6) is -0.529. The first kappa shape index (κ1) is 14.8. The average molecular weight is 326 g/mol. The maximum atomic E-state index is 14.2. The smallest absolute Gasteiger partial charge is 0.157 e. The van der Waals surface area contributed by atoms with Gasteiger partial charge in [0, 0.05) is 36.8 Å². The molecular weight excluding hydrogens is 310 g/mol. The maximum Gasteiger partial charge on any atom is 0.157 e. The van der Waals surface area contributed by atoms with Crippen molar-refractivity contribution in [1.29, 1.82) is 0 Å². The number of halogens is 2. The van der Waals surface area contributed by atoms with Gasteiger partial charge in [-0.1, -0.05) is 18.2 Å². The lowest BCUT2D eigenvalue weighted by Crippen LogP contribution is -2.25. The Morgan fingerprint density at radius 1 is 1.08 bits per heavy atom. The summed E-state index contributed by atoms with van der Waals surface area (Å²) in [5, 5.41) is 11.1. The first-order valence-corrected chi connectivity index (χ1v) is 7.81. The number of benzene rings is 2. The van der Waals surface area contributed by atoms with Crippen molar-refractivity contribution in [2.75, 3.05) is 11.9 Å². The lowest BCUT2D eigenvalue weighted by atomic mass is 10.1. The van der Waals surface area contributed by atoms with Crippen molar-refractivity contribution in [3.05, 3.63) is 71.4 Å². The molecule has 1 aliphatic heterocycles. The summed E-state index contributed by atoms with van der Waals surface area (Å²) >= 11 is 0. The molecule has 0 fully saturated rings. The number of para-hydroxylation sites is 1. The number of nitrogens with one attached hydrogen (secondary N) is 2. The third-order valence-electron chi connectivity index (χ3n) is 4.10. The first-order chi connectivity index (χ1) is 11.7. The second-order valence-corrected chi connectivity index (χ2v) is 5.70. The zero-order chi connectivity index (χ0) is 16.5. The van der Waals surface area contributed by atoms with E-state index in [0.717, 1.165) is 36.0 Å². The minimum atomic E-state index is -0.620. The van der Waals surface area contributed by atoms with Gasteiger partial charge in [0.25, 0.3) is 0 Å². The standard InChI is InChI=1S/C18H16F2N4/c19-12-6-7-17(15(20)10-12)24-16-8-9-21-11-14(16)18(23-24)22-13-4-2-1-3-5-13/h1-7,10,21H,8-9,11H2,(H,22,23). The van der Waals surface area contributed by atoms with Crippen molar-refractivity contribution in [2.45, 2.75) is 13.0 Å². The van der Waals surface area contributed by atoms with Crippen LogP contribution in [0.2, 0.25) is 0 Å². The summed E-state index contributed by atoms with van der Waals surface area (Å²) in [6.07, 6.45) is 0.732. The molecule has 2 heterocycles. The lowest BCUT2D eigenvalue weighted by molar-refractivity contribution is 0.566. The highest BCUT2D eigenvalue weighted by molar-refractivity contribution is 5.61. The number of aromatic nitrogens is 2. The van der Waals surface area contributed by atoms with Gasteiger partial charge >= 0.3 is 0 Å². The van der Waals surface area contributed by atoms with Crippen molar-refractivity contribution in [1.82, 2.24) is 15.1 Å². The molecule has 2 N–H and O–H groups in total. The molecule has 3 aromatic rings. The molecule has 4 nitrogen and oxygen atoms in total. The van der Waals surface area contributed by atoms with Crippen LogP contribution >= 0.6 is 0 Å². The minimum Gasteiger partial charge on any atom is -0.338 e. The van der Waals surface area contributed by atoms with Crippen LogP contribution < -0.4 is 10.6 Å². The summed E-state index contributed by atoms with van der Waals surface area (Å²) < 4.78 is 29.0. The topological polar surface area (TPSA) is 41.9 Å². The van der Waals surface area contributed by atoms with E-state index in [4.69, 9.17) is 0 Å². The predicted molar refractivity (Wildman–Crippen MR) is 88.6 cm³/mol. The molecule has 0 bridgehead atoms. The average Bonchev–Trinajstić information content (AvgIpc) is 2.95. The largest absolute Gasteiger partial charge is 0.338 e. The van der Waals surface area contributed by atoms with Crippen molar-refractivity contribution in [3.8, 4) is 5.69 Å². The Labute approximate surface area is 138 Å². The fraction of sp³-hybridized carbons (Fsp3) is 0.167. The molecule has 0 saturated carbocycles. The molecule has 0 atom stereocenters. The Bertz CT molecular complexity index is 874. The Morgan fingerprint density at radius 3 is 2.71 bits per heavy atom. The third kappa shape index (κ3) is 2.65. The van der Waals surface area contributed by atoms with E-state index >= 15 is 0 Å². The van der Waals surface area contributed by atoms with Gasteiger partial charge in [-0.15, -0.1) is 5.10 Å². The van der Waals surface area contributed by atoms with E-state index in [2.05, 4.69) is 15.7 Å². The number of hydrogen-bond donors (Lipinski definition) is 2. The number of rotatable bonds is 3. The quantitative estimate of drug-likeness (QED) is 0.773. The number of anilines is 2. The van der Waals surface area contributed by atoms with Crippen LogP contribution in [0.15, 0.2) is 48.5 Å². The van der Waals surface area contributed by atoms with Crippen LogP contribution in [0.25, 0.3) is 5.69 Å². The Morgan fingerprint density at radius 2 is 1.92 bits per heavy atom. The minimum absolute atomic E-state index is 0.260.